The number of carbonyl (C=O) groups excluding carboxylic acids is 1. The van der Waals surface area contributed by atoms with Gasteiger partial charge < -0.3 is 16.4 Å². The molecule has 6 nitrogen and oxygen atoms in total. The highest BCUT2D eigenvalue weighted by Crippen LogP contribution is 2.34. The lowest BCUT2D eigenvalue weighted by Crippen LogP contribution is -2.25. The Kier molecular flexibility index (Phi) is 5.90. The Bertz CT molecular complexity index is 1130. The lowest BCUT2D eigenvalue weighted by atomic mass is 10.1. The maximum Gasteiger partial charge on any atom is 0.273 e. The fourth-order valence-electron chi connectivity index (χ4n) is 3.91. The van der Waals surface area contributed by atoms with Crippen LogP contribution in [0.3, 0.4) is 0 Å². The van der Waals surface area contributed by atoms with E-state index < -0.39 is 11.6 Å². The average molecular weight is 423 g/mol. The smallest absolute Gasteiger partial charge is 0.273 e. The third kappa shape index (κ3) is 4.39. The number of carbonyl (C=O) groups is 1. The van der Waals surface area contributed by atoms with E-state index in [2.05, 4.69) is 20.6 Å². The molecule has 2 aromatic carbocycles. The number of halogens is 2. The summed E-state index contributed by atoms with van der Waals surface area (Å²) in [6.07, 6.45) is 2.89. The predicted octanol–water partition coefficient (Wildman–Crippen LogP) is 3.53. The molecule has 1 aliphatic carbocycles. The summed E-state index contributed by atoms with van der Waals surface area (Å²) in [5, 5.41) is 6.04. The van der Waals surface area contributed by atoms with E-state index in [1.807, 2.05) is 31.2 Å². The molecule has 0 spiro atoms. The zero-order chi connectivity index (χ0) is 22.0. The Hall–Kier alpha value is -3.39. The minimum Gasteiger partial charge on any atom is -0.382 e. The van der Waals surface area contributed by atoms with Gasteiger partial charge in [-0.05, 0) is 43.0 Å². The van der Waals surface area contributed by atoms with Crippen LogP contribution in [0.25, 0.3) is 11.3 Å². The molecule has 1 atom stereocenters. The van der Waals surface area contributed by atoms with E-state index in [0.717, 1.165) is 22.8 Å². The highest BCUT2D eigenvalue weighted by Gasteiger charge is 2.26. The van der Waals surface area contributed by atoms with E-state index >= 15 is 0 Å². The average Bonchev–Trinajstić information content (AvgIpc) is 3.16. The number of rotatable bonds is 6. The molecule has 8 heteroatoms. The molecule has 1 aromatic heterocycles. The van der Waals surface area contributed by atoms with E-state index in [9.17, 15) is 13.6 Å². The van der Waals surface area contributed by atoms with Crippen molar-refractivity contribution in [2.24, 2.45) is 0 Å². The molecule has 0 saturated heterocycles. The van der Waals surface area contributed by atoms with Crippen molar-refractivity contribution in [2.45, 2.75) is 32.4 Å². The number of aromatic nitrogens is 2. The van der Waals surface area contributed by atoms with Crippen LogP contribution in [0.4, 0.5) is 14.6 Å². The Balaban J connectivity index is 1.52. The summed E-state index contributed by atoms with van der Waals surface area (Å²) < 4.78 is 27.7. The van der Waals surface area contributed by atoms with Crippen molar-refractivity contribution < 1.29 is 13.6 Å². The molecule has 0 aliphatic heterocycles. The van der Waals surface area contributed by atoms with Crippen molar-refractivity contribution in [2.75, 3.05) is 12.3 Å². The van der Waals surface area contributed by atoms with Gasteiger partial charge in [0.2, 0.25) is 0 Å². The Morgan fingerprint density at radius 1 is 1.26 bits per heavy atom. The van der Waals surface area contributed by atoms with Crippen LogP contribution in [0.1, 0.15) is 46.6 Å². The largest absolute Gasteiger partial charge is 0.382 e. The number of benzene rings is 2. The van der Waals surface area contributed by atoms with Gasteiger partial charge in [-0.15, -0.1) is 0 Å². The number of aryl methyl sites for hydroxylation is 1. The standard InChI is InChI=1S/C23H23F2N5O/c1-2-27-23(31)21-22(26)29-12-19(30-21)14-5-3-4-13(8-14)11-28-18-7-6-15-9-16(24)10-17(25)20(15)18/h3-5,8-10,12,18,28H,2,6-7,11H2,1H3,(H2,26,29)(H,27,31). The van der Waals surface area contributed by atoms with Crippen molar-refractivity contribution in [3.8, 4) is 11.3 Å². The molecule has 0 fully saturated rings. The molecule has 1 aliphatic rings. The van der Waals surface area contributed by atoms with Gasteiger partial charge in [-0.3, -0.25) is 4.79 Å². The normalized spacial score (nSPS) is 15.0. The van der Waals surface area contributed by atoms with Crippen molar-refractivity contribution in [1.82, 2.24) is 20.6 Å². The van der Waals surface area contributed by atoms with Crippen LogP contribution >= 0.6 is 0 Å². The molecule has 0 saturated carbocycles. The summed E-state index contributed by atoms with van der Waals surface area (Å²) in [6.45, 7) is 2.77. The molecule has 1 heterocycles. The monoisotopic (exact) mass is 423 g/mol. The number of fused-ring (bicyclic) bond motifs is 1. The van der Waals surface area contributed by atoms with Crippen LogP contribution in [0, 0.1) is 11.6 Å². The van der Waals surface area contributed by atoms with E-state index in [0.29, 0.717) is 37.2 Å². The number of hydrogen-bond acceptors (Lipinski definition) is 5. The molecule has 31 heavy (non-hydrogen) atoms. The molecular formula is C23H23F2N5O. The van der Waals surface area contributed by atoms with Crippen LogP contribution in [0.5, 0.6) is 0 Å². The second kappa shape index (κ2) is 8.77. The quantitative estimate of drug-likeness (QED) is 0.564. The maximum atomic E-state index is 14.3. The van der Waals surface area contributed by atoms with E-state index in [-0.39, 0.29) is 23.5 Å². The lowest BCUT2D eigenvalue weighted by molar-refractivity contribution is 0.0951. The number of anilines is 1. The maximum absolute atomic E-state index is 14.3. The summed E-state index contributed by atoms with van der Waals surface area (Å²) in [5.41, 5.74) is 9.46. The Morgan fingerprint density at radius 2 is 2.10 bits per heavy atom. The van der Waals surface area contributed by atoms with Crippen LogP contribution in [-0.2, 0) is 13.0 Å². The van der Waals surface area contributed by atoms with Gasteiger partial charge >= 0.3 is 0 Å². The summed E-state index contributed by atoms with van der Waals surface area (Å²) in [4.78, 5) is 20.6. The first kappa shape index (κ1) is 20.9. The second-order valence-electron chi connectivity index (χ2n) is 7.48. The van der Waals surface area contributed by atoms with Crippen LogP contribution in [0.15, 0.2) is 42.6 Å². The number of nitrogens with two attached hydrogens (primary N) is 1. The molecule has 3 aromatic rings. The predicted molar refractivity (Wildman–Crippen MR) is 114 cm³/mol. The highest BCUT2D eigenvalue weighted by atomic mass is 19.1. The number of nitrogens with one attached hydrogen (secondary N) is 2. The van der Waals surface area contributed by atoms with Gasteiger partial charge in [0.1, 0.15) is 11.6 Å². The molecule has 0 radical (unpaired) electrons. The van der Waals surface area contributed by atoms with Crippen molar-refractivity contribution >= 4 is 11.7 Å². The Labute approximate surface area is 178 Å². The minimum absolute atomic E-state index is 0.0749. The van der Waals surface area contributed by atoms with Gasteiger partial charge in [0.15, 0.2) is 11.5 Å². The van der Waals surface area contributed by atoms with Gasteiger partial charge in [0.25, 0.3) is 5.91 Å². The molecule has 4 rings (SSSR count). The first-order valence-corrected chi connectivity index (χ1v) is 10.2. The zero-order valence-electron chi connectivity index (χ0n) is 17.1. The third-order valence-corrected chi connectivity index (χ3v) is 5.36. The summed E-state index contributed by atoms with van der Waals surface area (Å²) >= 11 is 0. The van der Waals surface area contributed by atoms with Gasteiger partial charge in [-0.25, -0.2) is 18.7 Å². The van der Waals surface area contributed by atoms with Gasteiger partial charge in [-0.1, -0.05) is 18.2 Å². The molecule has 1 unspecified atom stereocenters. The van der Waals surface area contributed by atoms with E-state index in [1.54, 1.807) is 0 Å². The summed E-state index contributed by atoms with van der Waals surface area (Å²) in [7, 11) is 0. The van der Waals surface area contributed by atoms with Crippen LogP contribution < -0.4 is 16.4 Å². The number of amides is 1. The summed E-state index contributed by atoms with van der Waals surface area (Å²) in [6, 6.07) is 9.82. The highest BCUT2D eigenvalue weighted by molar-refractivity contribution is 5.96. The summed E-state index contributed by atoms with van der Waals surface area (Å²) in [5.74, 6) is -1.34. The fourth-order valence-corrected chi connectivity index (χ4v) is 3.91. The van der Waals surface area contributed by atoms with E-state index in [1.165, 1.54) is 12.3 Å². The molecular weight excluding hydrogens is 400 g/mol. The number of hydrogen-bond donors (Lipinski definition) is 3. The Morgan fingerprint density at radius 3 is 2.90 bits per heavy atom. The second-order valence-corrected chi connectivity index (χ2v) is 7.48. The molecule has 4 N–H and O–H groups in total. The zero-order valence-corrected chi connectivity index (χ0v) is 17.1. The SMILES string of the molecule is CCNC(=O)c1nc(-c2cccc(CNC3CCc4cc(F)cc(F)c43)c2)cnc1N. The number of nitrogens with zero attached hydrogens (tertiary/aromatic N) is 2. The number of nitrogen functional groups attached to an aromatic ring is 1. The molecule has 160 valence electrons. The van der Waals surface area contributed by atoms with Gasteiger partial charge in [0.05, 0.1) is 11.9 Å². The first-order chi connectivity index (χ1) is 15.0. The van der Waals surface area contributed by atoms with Crippen molar-refractivity contribution in [3.05, 3.63) is 76.6 Å². The molecule has 1 amide bonds. The molecule has 0 bridgehead atoms. The van der Waals surface area contributed by atoms with Crippen molar-refractivity contribution in [1.29, 1.82) is 0 Å². The van der Waals surface area contributed by atoms with Crippen molar-refractivity contribution in [3.63, 3.8) is 0 Å². The van der Waals surface area contributed by atoms with Gasteiger partial charge in [0, 0.05) is 36.3 Å². The topological polar surface area (TPSA) is 92.9 Å². The van der Waals surface area contributed by atoms with Crippen LogP contribution in [0.2, 0.25) is 0 Å². The lowest BCUT2D eigenvalue weighted by Gasteiger charge is -2.15. The third-order valence-electron chi connectivity index (χ3n) is 5.36. The fraction of sp³-hybridized carbons (Fsp3) is 0.261. The first-order valence-electron chi connectivity index (χ1n) is 10.2. The van der Waals surface area contributed by atoms with Crippen LogP contribution in [-0.4, -0.2) is 22.4 Å². The van der Waals surface area contributed by atoms with Gasteiger partial charge in [-0.2, -0.15) is 0 Å². The minimum atomic E-state index is -0.541. The van der Waals surface area contributed by atoms with E-state index in [4.69, 9.17) is 5.73 Å².